The van der Waals surface area contributed by atoms with E-state index in [0.717, 1.165) is 59.6 Å². The first kappa shape index (κ1) is 18.1. The normalized spacial score (nSPS) is 14.7. The highest BCUT2D eigenvalue weighted by molar-refractivity contribution is 6.32. The largest absolute Gasteiger partial charge is 0.0629 e. The van der Waals surface area contributed by atoms with Gasteiger partial charge in [0.2, 0.25) is 0 Å². The second-order valence-corrected chi connectivity index (χ2v) is 11.7. The number of benzene rings is 10. The molecule has 0 nitrogen and oxygen atoms in total. The summed E-state index contributed by atoms with van der Waals surface area (Å²) in [7, 11) is 0. The van der Waals surface area contributed by atoms with E-state index < -0.39 is 48.3 Å². The van der Waals surface area contributed by atoms with E-state index in [0.29, 0.717) is 16.3 Å². The Balaban J connectivity index is 1.45. The summed E-state index contributed by atoms with van der Waals surface area (Å²) in [5.41, 5.74) is 2.12. The van der Waals surface area contributed by atoms with Gasteiger partial charge in [-0.25, -0.2) is 0 Å². The molecule has 0 atom stereocenters. The molecule has 0 saturated carbocycles. The second kappa shape index (κ2) is 9.76. The maximum Gasteiger partial charge on any atom is 0.0629 e. The molecule has 0 bridgehead atoms. The molecule has 0 aliphatic heterocycles. The summed E-state index contributed by atoms with van der Waals surface area (Å²) in [6.07, 6.45) is 0. The molecule has 46 heavy (non-hydrogen) atoms. The van der Waals surface area contributed by atoms with Crippen LogP contribution >= 0.6 is 0 Å². The lowest BCUT2D eigenvalue weighted by Gasteiger charge is -2.22. The third-order valence-corrected chi connectivity index (χ3v) is 9.40. The molecule has 0 radical (unpaired) electrons. The third-order valence-electron chi connectivity index (χ3n) is 9.40. The molecule has 10 aromatic carbocycles. The minimum atomic E-state index is -0.584. The summed E-state index contributed by atoms with van der Waals surface area (Å²) in [5.74, 6) is 0. The lowest BCUT2D eigenvalue weighted by atomic mass is 9.81. The maximum atomic E-state index is 9.47. The minimum absolute atomic E-state index is 0.0722. The Bertz CT molecular complexity index is 3270. The van der Waals surface area contributed by atoms with Crippen LogP contribution in [0.2, 0.25) is 0 Å². The Labute approximate surface area is 279 Å². The summed E-state index contributed by atoms with van der Waals surface area (Å²) in [4.78, 5) is 0. The molecular weight excluding hydrogens is 553 g/mol. The van der Waals surface area contributed by atoms with Gasteiger partial charge >= 0.3 is 0 Å². The van der Waals surface area contributed by atoms with E-state index in [1.807, 2.05) is 54.6 Å². The number of hydrogen-bond donors (Lipinski definition) is 0. The van der Waals surface area contributed by atoms with E-state index in [4.69, 9.17) is 9.60 Å². The summed E-state index contributed by atoms with van der Waals surface area (Å²) < 4.78 is 79.5. The third kappa shape index (κ3) is 3.56. The minimum Gasteiger partial charge on any atom is -0.0622 e. The van der Waals surface area contributed by atoms with Gasteiger partial charge < -0.3 is 0 Å². The molecular formula is C46H28. The number of rotatable bonds is 3. The van der Waals surface area contributed by atoms with E-state index in [-0.39, 0.29) is 22.7 Å². The first-order chi connectivity index (χ1) is 26.6. The van der Waals surface area contributed by atoms with Crippen LogP contribution in [-0.4, -0.2) is 0 Å². The van der Waals surface area contributed by atoms with E-state index in [1.54, 1.807) is 0 Å². The fraction of sp³-hybridized carbons (Fsp3) is 0. The molecule has 0 aliphatic rings. The summed E-state index contributed by atoms with van der Waals surface area (Å²) in [6, 6.07) is 34.5. The highest BCUT2D eigenvalue weighted by Crippen LogP contribution is 2.50. The van der Waals surface area contributed by atoms with Crippen molar-refractivity contribution in [2.75, 3.05) is 0 Å². The van der Waals surface area contributed by atoms with Crippen molar-refractivity contribution in [3.05, 3.63) is 170 Å². The van der Waals surface area contributed by atoms with Crippen LogP contribution in [0.15, 0.2) is 170 Å². The quantitative estimate of drug-likeness (QED) is 0.142. The van der Waals surface area contributed by atoms with E-state index in [9.17, 15) is 2.74 Å². The van der Waals surface area contributed by atoms with Crippen LogP contribution in [0.5, 0.6) is 0 Å². The van der Waals surface area contributed by atoms with Gasteiger partial charge in [-0.05, 0) is 98.0 Å². The standard InChI is InChI=1S/C46H28/c1-2-11-29(12-3-1)34-16-6-7-18-36(34)44-37-19-8-9-20-38(37)46(45-35-17-5-4-13-30(35)23-28-41(44)45)40-27-25-33-22-21-31-14-10-15-32-24-26-39(40)43(33)42(31)32/h1-28H/i1D,2D,3D,6D,7D,11D,12D,16D,18D. The van der Waals surface area contributed by atoms with Gasteiger partial charge in [-0.15, -0.1) is 0 Å². The van der Waals surface area contributed by atoms with Gasteiger partial charge in [0.25, 0.3) is 0 Å². The Hall–Kier alpha value is -5.98. The van der Waals surface area contributed by atoms with Crippen LogP contribution in [0.25, 0.3) is 98.0 Å². The van der Waals surface area contributed by atoms with Gasteiger partial charge in [0.15, 0.2) is 0 Å². The van der Waals surface area contributed by atoms with Crippen molar-refractivity contribution >= 4 is 64.6 Å². The van der Waals surface area contributed by atoms with Gasteiger partial charge in [0.1, 0.15) is 0 Å². The molecule has 0 spiro atoms. The van der Waals surface area contributed by atoms with Crippen LogP contribution in [0.3, 0.4) is 0 Å². The molecule has 10 rings (SSSR count). The SMILES string of the molecule is [2H]c1c([2H])c([2H])c(-c2c([2H])c([2H])c([2H])c([2H])c2-c2c3ccccc3c(-c3ccc4ccc5cccc6ccc3c4c56)c3c2ccc2ccccc23)c([2H])c1[2H]. The van der Waals surface area contributed by atoms with Crippen molar-refractivity contribution in [1.82, 2.24) is 0 Å². The van der Waals surface area contributed by atoms with Crippen LogP contribution in [0, 0.1) is 0 Å². The van der Waals surface area contributed by atoms with Crippen molar-refractivity contribution in [3.63, 3.8) is 0 Å². The van der Waals surface area contributed by atoms with Crippen LogP contribution < -0.4 is 0 Å². The molecule has 212 valence electrons. The summed E-state index contributed by atoms with van der Waals surface area (Å²) >= 11 is 0. The van der Waals surface area contributed by atoms with E-state index >= 15 is 0 Å². The first-order valence-corrected chi connectivity index (χ1v) is 15.3. The molecule has 0 saturated heterocycles. The Morgan fingerprint density at radius 3 is 1.67 bits per heavy atom. The number of hydrogen-bond acceptors (Lipinski definition) is 0. The fourth-order valence-electron chi connectivity index (χ4n) is 7.51. The van der Waals surface area contributed by atoms with Crippen molar-refractivity contribution in [1.29, 1.82) is 0 Å². The monoisotopic (exact) mass is 589 g/mol. The molecule has 0 heteroatoms. The molecule has 0 aromatic heterocycles. The van der Waals surface area contributed by atoms with Gasteiger partial charge in [-0.3, -0.25) is 0 Å². The topological polar surface area (TPSA) is 0 Å². The molecule has 0 aliphatic carbocycles. The van der Waals surface area contributed by atoms with Crippen LogP contribution in [-0.2, 0) is 0 Å². The summed E-state index contributed by atoms with van der Waals surface area (Å²) in [5, 5.41) is 11.9. The molecule has 0 amide bonds. The molecule has 0 fully saturated rings. The predicted octanol–water partition coefficient (Wildman–Crippen LogP) is 13.0. The lowest BCUT2D eigenvalue weighted by molar-refractivity contribution is 1.61. The lowest BCUT2D eigenvalue weighted by Crippen LogP contribution is -1.94. The summed E-state index contributed by atoms with van der Waals surface area (Å²) in [6.45, 7) is 0. The van der Waals surface area contributed by atoms with Gasteiger partial charge in [0.05, 0.1) is 12.3 Å². The zero-order valence-corrected chi connectivity index (χ0v) is 24.5. The van der Waals surface area contributed by atoms with Gasteiger partial charge in [-0.2, -0.15) is 0 Å². The molecule has 0 heterocycles. The smallest absolute Gasteiger partial charge is 0.0622 e. The van der Waals surface area contributed by atoms with Crippen molar-refractivity contribution in [3.8, 4) is 33.4 Å². The van der Waals surface area contributed by atoms with Gasteiger partial charge in [0, 0.05) is 0 Å². The van der Waals surface area contributed by atoms with Crippen molar-refractivity contribution < 1.29 is 12.3 Å². The zero-order chi connectivity index (χ0) is 38.0. The van der Waals surface area contributed by atoms with E-state index in [2.05, 4.69) is 60.7 Å². The van der Waals surface area contributed by atoms with Crippen molar-refractivity contribution in [2.24, 2.45) is 0 Å². The van der Waals surface area contributed by atoms with Gasteiger partial charge in [-0.1, -0.05) is 170 Å². The second-order valence-electron chi connectivity index (χ2n) is 11.7. The average Bonchev–Trinajstić information content (AvgIpc) is 3.22. The zero-order valence-electron chi connectivity index (χ0n) is 33.5. The van der Waals surface area contributed by atoms with E-state index in [1.165, 1.54) is 5.39 Å². The van der Waals surface area contributed by atoms with Crippen molar-refractivity contribution in [2.45, 2.75) is 0 Å². The predicted molar refractivity (Wildman–Crippen MR) is 199 cm³/mol. The Morgan fingerprint density at radius 1 is 0.304 bits per heavy atom. The highest BCUT2D eigenvalue weighted by Gasteiger charge is 2.22. The Morgan fingerprint density at radius 2 is 0.870 bits per heavy atom. The maximum absolute atomic E-state index is 9.47. The fourth-order valence-corrected chi connectivity index (χ4v) is 7.51. The van der Waals surface area contributed by atoms with Crippen LogP contribution in [0.1, 0.15) is 12.3 Å². The molecule has 0 N–H and O–H groups in total. The average molecular weight is 590 g/mol. The number of fused-ring (bicyclic) bond motifs is 4. The highest BCUT2D eigenvalue weighted by atomic mass is 14.2. The molecule has 10 aromatic rings. The Kier molecular flexibility index (Phi) is 3.84. The van der Waals surface area contributed by atoms with Crippen LogP contribution in [0.4, 0.5) is 0 Å². The first-order valence-electron chi connectivity index (χ1n) is 19.8. The molecule has 0 unspecified atom stereocenters.